The van der Waals surface area contributed by atoms with Crippen LogP contribution in [0.3, 0.4) is 0 Å². The van der Waals surface area contributed by atoms with Gasteiger partial charge in [0.2, 0.25) is 0 Å². The minimum atomic E-state index is 0.259. The fraction of sp³-hybridized carbons (Fsp3) is 1.00. The van der Waals surface area contributed by atoms with Gasteiger partial charge in [-0.1, -0.05) is 0 Å². The van der Waals surface area contributed by atoms with Crippen LogP contribution in [-0.4, -0.2) is 53.7 Å². The Bertz CT molecular complexity index is 84.4. The van der Waals surface area contributed by atoms with Crippen LogP contribution in [0.15, 0.2) is 0 Å². The SMILES string of the molecule is COCCNC(COC)COC. The number of methoxy groups -OCH3 is 3. The van der Waals surface area contributed by atoms with E-state index in [1.54, 1.807) is 21.3 Å². The van der Waals surface area contributed by atoms with E-state index in [2.05, 4.69) is 5.32 Å². The van der Waals surface area contributed by atoms with Gasteiger partial charge in [0.25, 0.3) is 0 Å². The largest absolute Gasteiger partial charge is 0.383 e. The first-order valence-electron chi connectivity index (χ1n) is 4.05. The Morgan fingerprint density at radius 1 is 1.00 bits per heavy atom. The van der Waals surface area contributed by atoms with E-state index in [1.807, 2.05) is 0 Å². The van der Waals surface area contributed by atoms with Crippen molar-refractivity contribution in [1.29, 1.82) is 0 Å². The molecule has 0 fully saturated rings. The highest BCUT2D eigenvalue weighted by molar-refractivity contribution is 4.64. The second kappa shape index (κ2) is 8.93. The highest BCUT2D eigenvalue weighted by Crippen LogP contribution is 1.85. The van der Waals surface area contributed by atoms with Crippen LogP contribution in [-0.2, 0) is 14.2 Å². The number of ether oxygens (including phenoxy) is 3. The molecule has 4 heteroatoms. The predicted octanol–water partition coefficient (Wildman–Crippen LogP) is -0.116. The highest BCUT2D eigenvalue weighted by Gasteiger charge is 2.05. The molecule has 0 aromatic heterocycles. The zero-order chi connectivity index (χ0) is 9.23. The van der Waals surface area contributed by atoms with Crippen molar-refractivity contribution in [2.24, 2.45) is 0 Å². The van der Waals surface area contributed by atoms with E-state index in [9.17, 15) is 0 Å². The lowest BCUT2D eigenvalue weighted by Crippen LogP contribution is -2.38. The molecule has 0 atom stereocenters. The molecule has 0 radical (unpaired) electrons. The summed E-state index contributed by atoms with van der Waals surface area (Å²) < 4.78 is 14.9. The molecule has 0 bridgehead atoms. The Morgan fingerprint density at radius 3 is 2.00 bits per heavy atom. The number of rotatable bonds is 8. The van der Waals surface area contributed by atoms with Gasteiger partial charge in [-0.2, -0.15) is 0 Å². The predicted molar refractivity (Wildman–Crippen MR) is 47.4 cm³/mol. The van der Waals surface area contributed by atoms with Crippen molar-refractivity contribution in [3.63, 3.8) is 0 Å². The van der Waals surface area contributed by atoms with Gasteiger partial charge in [-0.3, -0.25) is 0 Å². The third-order valence-corrected chi connectivity index (χ3v) is 1.47. The second-order valence-corrected chi connectivity index (χ2v) is 2.55. The van der Waals surface area contributed by atoms with Crippen LogP contribution in [0.25, 0.3) is 0 Å². The van der Waals surface area contributed by atoms with Crippen LogP contribution in [0.4, 0.5) is 0 Å². The maximum atomic E-state index is 5.00. The molecule has 1 N–H and O–H groups in total. The number of hydrogen-bond acceptors (Lipinski definition) is 4. The van der Waals surface area contributed by atoms with Gasteiger partial charge in [0, 0.05) is 27.9 Å². The summed E-state index contributed by atoms with van der Waals surface area (Å²) in [5.74, 6) is 0. The Hall–Kier alpha value is -0.160. The van der Waals surface area contributed by atoms with Crippen molar-refractivity contribution in [1.82, 2.24) is 5.32 Å². The summed E-state index contributed by atoms with van der Waals surface area (Å²) in [7, 11) is 5.05. The van der Waals surface area contributed by atoms with Gasteiger partial charge < -0.3 is 19.5 Å². The van der Waals surface area contributed by atoms with Gasteiger partial charge in [0.15, 0.2) is 0 Å². The molecular weight excluding hydrogens is 158 g/mol. The molecule has 0 unspecified atom stereocenters. The molecule has 0 aromatic rings. The molecule has 0 aromatic carbocycles. The maximum absolute atomic E-state index is 5.00. The summed E-state index contributed by atoms with van der Waals surface area (Å²) in [6, 6.07) is 0.259. The Balaban J connectivity index is 3.34. The summed E-state index contributed by atoms with van der Waals surface area (Å²) in [5, 5.41) is 3.25. The third kappa shape index (κ3) is 6.54. The van der Waals surface area contributed by atoms with Crippen LogP contribution in [0.1, 0.15) is 0 Å². The van der Waals surface area contributed by atoms with E-state index < -0.39 is 0 Å². The first-order chi connectivity index (χ1) is 5.85. The molecule has 74 valence electrons. The van der Waals surface area contributed by atoms with E-state index in [4.69, 9.17) is 14.2 Å². The summed E-state index contributed by atoms with van der Waals surface area (Å²) in [6.45, 7) is 2.87. The molecule has 0 aliphatic heterocycles. The van der Waals surface area contributed by atoms with Crippen molar-refractivity contribution < 1.29 is 14.2 Å². The average Bonchev–Trinajstić information content (AvgIpc) is 2.06. The number of hydrogen-bond donors (Lipinski definition) is 1. The van der Waals surface area contributed by atoms with Gasteiger partial charge in [-0.15, -0.1) is 0 Å². The van der Waals surface area contributed by atoms with Crippen molar-refractivity contribution in [3.05, 3.63) is 0 Å². The summed E-state index contributed by atoms with van der Waals surface area (Å²) >= 11 is 0. The Labute approximate surface area is 74.2 Å². The second-order valence-electron chi connectivity index (χ2n) is 2.55. The molecule has 0 aliphatic rings. The van der Waals surface area contributed by atoms with Crippen molar-refractivity contribution >= 4 is 0 Å². The minimum absolute atomic E-state index is 0.259. The molecule has 12 heavy (non-hydrogen) atoms. The van der Waals surface area contributed by atoms with Crippen LogP contribution < -0.4 is 5.32 Å². The fourth-order valence-corrected chi connectivity index (χ4v) is 0.933. The van der Waals surface area contributed by atoms with E-state index in [0.29, 0.717) is 19.8 Å². The van der Waals surface area contributed by atoms with Crippen molar-refractivity contribution in [3.8, 4) is 0 Å². The molecule has 0 rings (SSSR count). The lowest BCUT2D eigenvalue weighted by atomic mass is 10.3. The third-order valence-electron chi connectivity index (χ3n) is 1.47. The fourth-order valence-electron chi connectivity index (χ4n) is 0.933. The van der Waals surface area contributed by atoms with Gasteiger partial charge >= 0.3 is 0 Å². The molecule has 0 aliphatic carbocycles. The summed E-state index contributed by atoms with van der Waals surface area (Å²) in [6.07, 6.45) is 0. The average molecular weight is 177 g/mol. The molecule has 0 saturated carbocycles. The van der Waals surface area contributed by atoms with E-state index >= 15 is 0 Å². The zero-order valence-electron chi connectivity index (χ0n) is 8.13. The smallest absolute Gasteiger partial charge is 0.0638 e. The first-order valence-corrected chi connectivity index (χ1v) is 4.05. The first kappa shape index (κ1) is 11.8. The van der Waals surface area contributed by atoms with Crippen LogP contribution >= 0.6 is 0 Å². The minimum Gasteiger partial charge on any atom is -0.383 e. The van der Waals surface area contributed by atoms with Crippen LogP contribution in [0, 0.1) is 0 Å². The quantitative estimate of drug-likeness (QED) is 0.525. The van der Waals surface area contributed by atoms with Gasteiger partial charge in [-0.05, 0) is 0 Å². The van der Waals surface area contributed by atoms with Gasteiger partial charge in [0.05, 0.1) is 25.9 Å². The van der Waals surface area contributed by atoms with Crippen molar-refractivity contribution in [2.75, 3.05) is 47.7 Å². The molecule has 4 nitrogen and oxygen atoms in total. The summed E-state index contributed by atoms with van der Waals surface area (Å²) in [5.41, 5.74) is 0. The molecule has 0 spiro atoms. The monoisotopic (exact) mass is 177 g/mol. The Kier molecular flexibility index (Phi) is 8.81. The van der Waals surface area contributed by atoms with Crippen LogP contribution in [0.2, 0.25) is 0 Å². The summed E-state index contributed by atoms with van der Waals surface area (Å²) in [4.78, 5) is 0. The lowest BCUT2D eigenvalue weighted by molar-refractivity contribution is 0.0976. The van der Waals surface area contributed by atoms with Gasteiger partial charge in [0.1, 0.15) is 0 Å². The standard InChI is InChI=1S/C8H19NO3/c1-10-5-4-9-8(6-11-2)7-12-3/h8-9H,4-7H2,1-3H3. The zero-order valence-corrected chi connectivity index (χ0v) is 8.13. The normalized spacial score (nSPS) is 11.0. The molecular formula is C8H19NO3. The molecule has 0 heterocycles. The Morgan fingerprint density at radius 2 is 1.58 bits per heavy atom. The highest BCUT2D eigenvalue weighted by atomic mass is 16.5. The van der Waals surface area contributed by atoms with E-state index in [1.165, 1.54) is 0 Å². The van der Waals surface area contributed by atoms with Crippen LogP contribution in [0.5, 0.6) is 0 Å². The topological polar surface area (TPSA) is 39.7 Å². The van der Waals surface area contributed by atoms with E-state index in [0.717, 1.165) is 6.54 Å². The van der Waals surface area contributed by atoms with Gasteiger partial charge in [-0.25, -0.2) is 0 Å². The van der Waals surface area contributed by atoms with Crippen molar-refractivity contribution in [2.45, 2.75) is 6.04 Å². The maximum Gasteiger partial charge on any atom is 0.0638 e. The van der Waals surface area contributed by atoms with E-state index in [-0.39, 0.29) is 6.04 Å². The molecule has 0 saturated heterocycles. The number of nitrogens with one attached hydrogen (secondary N) is 1. The lowest BCUT2D eigenvalue weighted by Gasteiger charge is -2.16. The molecule has 0 amide bonds.